The largest absolute Gasteiger partial charge is 0.478 e. The Kier molecular flexibility index (Phi) is 2.15. The highest BCUT2D eigenvalue weighted by Crippen LogP contribution is 1.99. The Bertz CT molecular complexity index is 273. The Hall–Kier alpha value is -1.45. The molecule has 1 N–H and O–H groups in total. The number of aromatic nitrogens is 2. The van der Waals surface area contributed by atoms with E-state index in [1.807, 2.05) is 6.92 Å². The van der Waals surface area contributed by atoms with Gasteiger partial charge in [0, 0.05) is 0 Å². The second-order valence-electron chi connectivity index (χ2n) is 2.09. The van der Waals surface area contributed by atoms with Crippen LogP contribution in [0.4, 0.5) is 0 Å². The van der Waals surface area contributed by atoms with Crippen LogP contribution in [0.2, 0.25) is 0 Å². The molecule has 1 rings (SSSR count). The van der Waals surface area contributed by atoms with Crippen LogP contribution in [-0.2, 0) is 6.42 Å². The van der Waals surface area contributed by atoms with E-state index in [1.165, 1.54) is 12.3 Å². The fourth-order valence-corrected chi connectivity index (χ4v) is 0.701. The minimum Gasteiger partial charge on any atom is -0.478 e. The molecule has 0 amide bonds. The SMILES string of the molecule is CCc1cc(C(=O)O)cnn1. The first-order chi connectivity index (χ1) is 5.24. The van der Waals surface area contributed by atoms with E-state index in [4.69, 9.17) is 5.11 Å². The van der Waals surface area contributed by atoms with Gasteiger partial charge in [0.15, 0.2) is 0 Å². The van der Waals surface area contributed by atoms with Gasteiger partial charge in [-0.2, -0.15) is 10.2 Å². The number of aryl methyl sites for hydroxylation is 1. The zero-order valence-electron chi connectivity index (χ0n) is 6.11. The molecule has 0 radical (unpaired) electrons. The first kappa shape index (κ1) is 7.65. The predicted molar refractivity (Wildman–Crippen MR) is 38.4 cm³/mol. The van der Waals surface area contributed by atoms with Crippen LogP contribution in [0.25, 0.3) is 0 Å². The number of hydrogen-bond acceptors (Lipinski definition) is 3. The second-order valence-corrected chi connectivity index (χ2v) is 2.09. The van der Waals surface area contributed by atoms with Gasteiger partial charge < -0.3 is 5.11 Å². The van der Waals surface area contributed by atoms with Gasteiger partial charge in [-0.15, -0.1) is 0 Å². The molecule has 0 aliphatic carbocycles. The summed E-state index contributed by atoms with van der Waals surface area (Å²) in [7, 11) is 0. The molecule has 4 nitrogen and oxygen atoms in total. The Morgan fingerprint density at radius 2 is 2.45 bits per heavy atom. The van der Waals surface area contributed by atoms with Crippen molar-refractivity contribution < 1.29 is 9.90 Å². The number of carbonyl (C=O) groups is 1. The molecule has 58 valence electrons. The van der Waals surface area contributed by atoms with Crippen molar-refractivity contribution in [3.05, 3.63) is 23.5 Å². The molecule has 0 bridgehead atoms. The molecule has 1 aromatic heterocycles. The zero-order chi connectivity index (χ0) is 8.27. The summed E-state index contributed by atoms with van der Waals surface area (Å²) in [4.78, 5) is 10.4. The summed E-state index contributed by atoms with van der Waals surface area (Å²) in [6, 6.07) is 1.52. The molecule has 0 saturated heterocycles. The first-order valence-electron chi connectivity index (χ1n) is 3.29. The van der Waals surface area contributed by atoms with Crippen molar-refractivity contribution in [3.8, 4) is 0 Å². The van der Waals surface area contributed by atoms with E-state index in [-0.39, 0.29) is 5.56 Å². The zero-order valence-corrected chi connectivity index (χ0v) is 6.11. The van der Waals surface area contributed by atoms with E-state index >= 15 is 0 Å². The molecule has 0 aromatic carbocycles. The molecule has 0 aliphatic rings. The summed E-state index contributed by atoms with van der Waals surface area (Å²) in [6.45, 7) is 1.90. The van der Waals surface area contributed by atoms with Crippen LogP contribution in [0.3, 0.4) is 0 Å². The topological polar surface area (TPSA) is 63.1 Å². The molecule has 1 heterocycles. The van der Waals surface area contributed by atoms with Crippen LogP contribution in [0.5, 0.6) is 0 Å². The molecule has 0 unspecified atom stereocenters. The summed E-state index contributed by atoms with van der Waals surface area (Å²) in [5.74, 6) is -0.963. The average Bonchev–Trinajstić information content (AvgIpc) is 2.05. The number of hydrogen-bond donors (Lipinski definition) is 1. The van der Waals surface area contributed by atoms with Gasteiger partial charge in [0.05, 0.1) is 17.5 Å². The van der Waals surface area contributed by atoms with E-state index in [0.717, 1.165) is 0 Å². The average molecular weight is 152 g/mol. The highest BCUT2D eigenvalue weighted by atomic mass is 16.4. The molecule has 0 saturated carbocycles. The fraction of sp³-hybridized carbons (Fsp3) is 0.286. The van der Waals surface area contributed by atoms with Crippen LogP contribution in [0, 0.1) is 0 Å². The number of carboxylic acid groups (broad SMARTS) is 1. The lowest BCUT2D eigenvalue weighted by Crippen LogP contribution is -2.00. The van der Waals surface area contributed by atoms with Crippen LogP contribution < -0.4 is 0 Å². The Morgan fingerprint density at radius 1 is 1.73 bits per heavy atom. The van der Waals surface area contributed by atoms with Gasteiger partial charge in [0.2, 0.25) is 0 Å². The first-order valence-corrected chi connectivity index (χ1v) is 3.29. The van der Waals surface area contributed by atoms with Gasteiger partial charge in [-0.3, -0.25) is 0 Å². The molecule has 0 fully saturated rings. The maximum atomic E-state index is 10.4. The Morgan fingerprint density at radius 3 is 3.00 bits per heavy atom. The third kappa shape index (κ3) is 1.73. The van der Waals surface area contributed by atoms with Crippen molar-refractivity contribution in [3.63, 3.8) is 0 Å². The van der Waals surface area contributed by atoms with Crippen LogP contribution in [-0.4, -0.2) is 21.3 Å². The van der Waals surface area contributed by atoms with Gasteiger partial charge in [-0.05, 0) is 12.5 Å². The van der Waals surface area contributed by atoms with E-state index in [9.17, 15) is 4.79 Å². The van der Waals surface area contributed by atoms with Gasteiger partial charge >= 0.3 is 5.97 Å². The minimum atomic E-state index is -0.963. The summed E-state index contributed by atoms with van der Waals surface area (Å²) in [6.07, 6.45) is 1.94. The number of aromatic carboxylic acids is 1. The molecule has 4 heteroatoms. The number of carboxylic acids is 1. The lowest BCUT2D eigenvalue weighted by atomic mass is 10.2. The number of rotatable bonds is 2. The summed E-state index contributed by atoms with van der Waals surface area (Å²) >= 11 is 0. The quantitative estimate of drug-likeness (QED) is 0.678. The van der Waals surface area contributed by atoms with Crippen LogP contribution in [0.15, 0.2) is 12.3 Å². The molecule has 1 aromatic rings. The Labute approximate surface area is 63.9 Å². The third-order valence-electron chi connectivity index (χ3n) is 1.31. The maximum absolute atomic E-state index is 10.4. The standard InChI is InChI=1S/C7H8N2O2/c1-2-6-3-5(7(10)11)4-8-9-6/h3-4H,2H2,1H3,(H,10,11). The van der Waals surface area contributed by atoms with E-state index < -0.39 is 5.97 Å². The third-order valence-corrected chi connectivity index (χ3v) is 1.31. The van der Waals surface area contributed by atoms with Gasteiger partial charge in [-0.1, -0.05) is 6.92 Å². The van der Waals surface area contributed by atoms with Crippen molar-refractivity contribution in [1.29, 1.82) is 0 Å². The van der Waals surface area contributed by atoms with E-state index in [2.05, 4.69) is 10.2 Å². The lowest BCUT2D eigenvalue weighted by Gasteiger charge is -1.94. The Balaban J connectivity index is 3.01. The monoisotopic (exact) mass is 152 g/mol. The molecule has 0 atom stereocenters. The molecule has 0 aliphatic heterocycles. The second kappa shape index (κ2) is 3.09. The number of nitrogens with zero attached hydrogens (tertiary/aromatic N) is 2. The van der Waals surface area contributed by atoms with Gasteiger partial charge in [-0.25, -0.2) is 4.79 Å². The van der Waals surface area contributed by atoms with Gasteiger partial charge in [0.25, 0.3) is 0 Å². The molecule has 11 heavy (non-hydrogen) atoms. The van der Waals surface area contributed by atoms with E-state index in [1.54, 1.807) is 0 Å². The summed E-state index contributed by atoms with van der Waals surface area (Å²) in [5.41, 5.74) is 0.891. The highest BCUT2D eigenvalue weighted by molar-refractivity contribution is 5.87. The summed E-state index contributed by atoms with van der Waals surface area (Å²) < 4.78 is 0. The fourth-order valence-electron chi connectivity index (χ4n) is 0.701. The van der Waals surface area contributed by atoms with Crippen LogP contribution in [0.1, 0.15) is 23.0 Å². The van der Waals surface area contributed by atoms with Crippen LogP contribution >= 0.6 is 0 Å². The summed E-state index contributed by atoms with van der Waals surface area (Å²) in [5, 5.41) is 15.8. The maximum Gasteiger partial charge on any atom is 0.337 e. The normalized spacial score (nSPS) is 9.55. The van der Waals surface area contributed by atoms with Crippen molar-refractivity contribution in [1.82, 2.24) is 10.2 Å². The van der Waals surface area contributed by atoms with Crippen molar-refractivity contribution in [2.45, 2.75) is 13.3 Å². The lowest BCUT2D eigenvalue weighted by molar-refractivity contribution is 0.0696. The molecular formula is C7H8N2O2. The molecular weight excluding hydrogens is 144 g/mol. The van der Waals surface area contributed by atoms with E-state index in [0.29, 0.717) is 12.1 Å². The minimum absolute atomic E-state index is 0.192. The smallest absolute Gasteiger partial charge is 0.337 e. The van der Waals surface area contributed by atoms with Crippen molar-refractivity contribution in [2.75, 3.05) is 0 Å². The molecule has 0 spiro atoms. The van der Waals surface area contributed by atoms with Gasteiger partial charge in [0.1, 0.15) is 0 Å². The van der Waals surface area contributed by atoms with Crippen molar-refractivity contribution >= 4 is 5.97 Å². The predicted octanol–water partition coefficient (Wildman–Crippen LogP) is 0.737. The van der Waals surface area contributed by atoms with Crippen molar-refractivity contribution in [2.24, 2.45) is 0 Å². The highest BCUT2D eigenvalue weighted by Gasteiger charge is 2.03.